The van der Waals surface area contributed by atoms with E-state index in [1.54, 1.807) is 0 Å². The van der Waals surface area contributed by atoms with E-state index in [1.165, 1.54) is 0 Å². The fourth-order valence-corrected chi connectivity index (χ4v) is 0. The third-order valence-electron chi connectivity index (χ3n) is 0.114. The third kappa shape index (κ3) is 8.86. The molecule has 0 heterocycles. The first-order chi connectivity index (χ1) is 2.27. The summed E-state index contributed by atoms with van der Waals surface area (Å²) in [6.45, 7) is -1.28. The van der Waals surface area contributed by atoms with Crippen molar-refractivity contribution < 1.29 is 14.3 Å². The van der Waals surface area contributed by atoms with Gasteiger partial charge in [0, 0.05) is 25.8 Å². The summed E-state index contributed by atoms with van der Waals surface area (Å²) in [5, 5.41) is 7.35. The summed E-state index contributed by atoms with van der Waals surface area (Å²) in [5.74, 6) is -1.41. The largest absolute Gasteiger partial charge is 0.479 e. The maximum Gasteiger partial charge on any atom is 0.335 e. The van der Waals surface area contributed by atoms with Gasteiger partial charge in [-0.25, -0.2) is 9.18 Å². The van der Waals surface area contributed by atoms with E-state index in [0.717, 1.165) is 0 Å². The average molecular weight is 193 g/mol. The third-order valence-corrected chi connectivity index (χ3v) is 0.114. The van der Waals surface area contributed by atoms with Crippen LogP contribution in [0.4, 0.5) is 4.39 Å². The molecule has 4 heteroatoms. The zero-order chi connectivity index (χ0) is 4.28. The normalized spacial score (nSPS) is 6.17. The van der Waals surface area contributed by atoms with Crippen LogP contribution in [0.5, 0.6) is 0 Å². The Bertz CT molecular complexity index is 46.8. The van der Waals surface area contributed by atoms with E-state index in [2.05, 4.69) is 0 Å². The first kappa shape index (κ1) is 9.55. The summed E-state index contributed by atoms with van der Waals surface area (Å²) in [6.07, 6.45) is 0. The minimum absolute atomic E-state index is 0. The summed E-state index contributed by atoms with van der Waals surface area (Å²) < 4.78 is 10.5. The number of carboxylic acid groups (broad SMARTS) is 1. The Kier molecular flexibility index (Phi) is 8.39. The van der Waals surface area contributed by atoms with Crippen LogP contribution in [0.15, 0.2) is 0 Å². The van der Waals surface area contributed by atoms with Gasteiger partial charge in [0.25, 0.3) is 0 Å². The van der Waals surface area contributed by atoms with Crippen LogP contribution in [0.2, 0.25) is 0 Å². The van der Waals surface area contributed by atoms with Gasteiger partial charge in [0.05, 0.1) is 0 Å². The van der Waals surface area contributed by atoms with Crippen LogP contribution in [0, 0.1) is 0 Å². The molecular weight excluding hydrogens is 190 g/mol. The van der Waals surface area contributed by atoms with Crippen molar-refractivity contribution in [3.8, 4) is 0 Å². The summed E-state index contributed by atoms with van der Waals surface area (Å²) >= 11 is 0. The van der Waals surface area contributed by atoms with Gasteiger partial charge in [-0.1, -0.05) is 0 Å². The van der Waals surface area contributed by atoms with Crippen LogP contribution in [-0.4, -0.2) is 43.6 Å². The van der Waals surface area contributed by atoms with Crippen molar-refractivity contribution in [2.75, 3.05) is 6.67 Å². The second-order valence-electron chi connectivity index (χ2n) is 0.527. The molecule has 0 aliphatic rings. The number of rotatable bonds is 1. The summed E-state index contributed by atoms with van der Waals surface area (Å²) in [7, 11) is 0. The molecule has 2 nitrogen and oxygen atoms in total. The molecule has 0 fully saturated rings. The molecule has 0 bridgehead atoms. The van der Waals surface area contributed by atoms with Crippen molar-refractivity contribution in [3.63, 3.8) is 0 Å². The molecule has 0 unspecified atom stereocenters. The predicted octanol–water partition coefficient (Wildman–Crippen LogP) is -0.340. The predicted molar refractivity (Wildman–Crippen MR) is 19.4 cm³/mol. The van der Waals surface area contributed by atoms with Gasteiger partial charge < -0.3 is 5.11 Å². The van der Waals surface area contributed by atoms with Crippen LogP contribution in [-0.2, 0) is 4.79 Å². The van der Waals surface area contributed by atoms with Crippen LogP contribution in [0.25, 0.3) is 0 Å². The maximum atomic E-state index is 10.5. The zero-order valence-electron chi connectivity index (χ0n) is 3.02. The Hall–Kier alpha value is 0.270. The van der Waals surface area contributed by atoms with Gasteiger partial charge in [0.2, 0.25) is 0 Å². The smallest absolute Gasteiger partial charge is 0.335 e. The summed E-state index contributed by atoms with van der Waals surface area (Å²) in [5.41, 5.74) is 0. The Morgan fingerprint density at radius 2 is 2.00 bits per heavy atom. The van der Waals surface area contributed by atoms with Crippen LogP contribution >= 0.6 is 0 Å². The van der Waals surface area contributed by atoms with Crippen LogP contribution in [0.1, 0.15) is 0 Å². The molecule has 0 saturated carbocycles. The number of hydrogen-bond donors (Lipinski definition) is 1. The second kappa shape index (κ2) is 5.27. The van der Waals surface area contributed by atoms with Crippen LogP contribution in [0.3, 0.4) is 0 Å². The fraction of sp³-hybridized carbons (Fsp3) is 0.500. The SMILES string of the molecule is O=C(O)CF.[In]. The number of hydrogen-bond acceptors (Lipinski definition) is 1. The Balaban J connectivity index is 0. The molecule has 0 amide bonds. The van der Waals surface area contributed by atoms with Crippen molar-refractivity contribution in [3.05, 3.63) is 0 Å². The van der Waals surface area contributed by atoms with Gasteiger partial charge >= 0.3 is 5.97 Å². The first-order valence-corrected chi connectivity index (χ1v) is 1.05. The van der Waals surface area contributed by atoms with E-state index in [0.29, 0.717) is 0 Å². The number of aliphatic carboxylic acids is 1. The minimum Gasteiger partial charge on any atom is -0.479 e. The standard InChI is InChI=1S/C2H3FO2.In/c3-1-2(4)5;/h1H2,(H,4,5);. The number of alkyl halides is 1. The van der Waals surface area contributed by atoms with Crippen molar-refractivity contribution in [2.24, 2.45) is 0 Å². The molecular formula is C2H3FInO2. The molecule has 0 aromatic rings. The molecule has 33 valence electrons. The average Bonchev–Trinajstić information content (AvgIpc) is 1.38. The molecule has 3 radical (unpaired) electrons. The number of carbonyl (C=O) groups is 1. The molecule has 0 aromatic carbocycles. The number of carboxylic acids is 1. The van der Waals surface area contributed by atoms with Gasteiger partial charge in [-0.3, -0.25) is 0 Å². The number of halogens is 1. The van der Waals surface area contributed by atoms with E-state index in [4.69, 9.17) is 9.90 Å². The van der Waals surface area contributed by atoms with Gasteiger partial charge in [-0.2, -0.15) is 0 Å². The summed E-state index contributed by atoms with van der Waals surface area (Å²) in [6, 6.07) is 0. The molecule has 6 heavy (non-hydrogen) atoms. The van der Waals surface area contributed by atoms with Gasteiger partial charge in [0.1, 0.15) is 0 Å². The molecule has 0 atom stereocenters. The Morgan fingerprint density at radius 1 is 1.83 bits per heavy atom. The van der Waals surface area contributed by atoms with Crippen molar-refractivity contribution in [1.82, 2.24) is 0 Å². The van der Waals surface area contributed by atoms with Crippen molar-refractivity contribution >= 4 is 31.8 Å². The topological polar surface area (TPSA) is 37.3 Å². The first-order valence-electron chi connectivity index (χ1n) is 1.05. The molecule has 0 aromatic heterocycles. The van der Waals surface area contributed by atoms with E-state index in [9.17, 15) is 4.39 Å². The van der Waals surface area contributed by atoms with Crippen LogP contribution < -0.4 is 0 Å². The molecule has 0 rings (SSSR count). The molecule has 0 aliphatic carbocycles. The Morgan fingerprint density at radius 3 is 2.00 bits per heavy atom. The van der Waals surface area contributed by atoms with Gasteiger partial charge in [-0.05, 0) is 0 Å². The van der Waals surface area contributed by atoms with Crippen molar-refractivity contribution in [1.29, 1.82) is 0 Å². The fourth-order valence-electron chi connectivity index (χ4n) is 0. The zero-order valence-corrected chi connectivity index (χ0v) is 6.31. The van der Waals surface area contributed by atoms with E-state index < -0.39 is 12.6 Å². The van der Waals surface area contributed by atoms with Crippen molar-refractivity contribution in [2.45, 2.75) is 0 Å². The Labute approximate surface area is 53.1 Å². The quantitative estimate of drug-likeness (QED) is 0.618. The van der Waals surface area contributed by atoms with E-state index >= 15 is 0 Å². The molecule has 0 aliphatic heterocycles. The molecule has 0 saturated heterocycles. The maximum absolute atomic E-state index is 10.5. The molecule has 0 spiro atoms. The molecule has 1 N–H and O–H groups in total. The van der Waals surface area contributed by atoms with E-state index in [1.807, 2.05) is 0 Å². The van der Waals surface area contributed by atoms with E-state index in [-0.39, 0.29) is 25.8 Å². The monoisotopic (exact) mass is 193 g/mol. The minimum atomic E-state index is -1.41. The second-order valence-corrected chi connectivity index (χ2v) is 0.527. The van der Waals surface area contributed by atoms with Gasteiger partial charge in [-0.15, -0.1) is 0 Å². The summed E-state index contributed by atoms with van der Waals surface area (Å²) in [4.78, 5) is 8.99. The van der Waals surface area contributed by atoms with Gasteiger partial charge in [0.15, 0.2) is 6.67 Å².